The summed E-state index contributed by atoms with van der Waals surface area (Å²) in [5, 5.41) is 2.35. The summed E-state index contributed by atoms with van der Waals surface area (Å²) in [6, 6.07) is 5.34. The number of hydrogen-bond acceptors (Lipinski definition) is 6. The molecule has 34 heavy (non-hydrogen) atoms. The number of benzene rings is 1. The molecule has 4 aliphatic rings. The second-order valence-corrected chi connectivity index (χ2v) is 11.4. The molecule has 1 saturated carbocycles. The molecule has 3 heterocycles. The number of hydrogen-bond donors (Lipinski definition) is 1. The van der Waals surface area contributed by atoms with Crippen molar-refractivity contribution < 1.29 is 23.9 Å². The Labute approximate surface area is 200 Å². The summed E-state index contributed by atoms with van der Waals surface area (Å²) < 4.78 is 5.56. The summed E-state index contributed by atoms with van der Waals surface area (Å²) in [6.07, 6.45) is 4.54. The van der Waals surface area contributed by atoms with Crippen LogP contribution in [-0.4, -0.2) is 53.3 Å². The lowest BCUT2D eigenvalue weighted by Gasteiger charge is -2.52. The van der Waals surface area contributed by atoms with E-state index in [0.29, 0.717) is 18.5 Å². The Morgan fingerprint density at radius 3 is 2.47 bits per heavy atom. The Morgan fingerprint density at radius 2 is 1.82 bits per heavy atom. The van der Waals surface area contributed by atoms with Gasteiger partial charge in [0.25, 0.3) is 5.91 Å². The maximum Gasteiger partial charge on any atom is 0.309 e. The Hall–Kier alpha value is -2.90. The second-order valence-electron chi connectivity index (χ2n) is 11.4. The van der Waals surface area contributed by atoms with E-state index in [1.807, 2.05) is 32.9 Å². The summed E-state index contributed by atoms with van der Waals surface area (Å²) in [5.41, 5.74) is 2.47. The van der Waals surface area contributed by atoms with Crippen molar-refractivity contribution >= 4 is 29.4 Å². The first kappa shape index (κ1) is 22.9. The molecule has 1 aromatic rings. The van der Waals surface area contributed by atoms with Crippen molar-refractivity contribution in [1.29, 1.82) is 0 Å². The van der Waals surface area contributed by atoms with Crippen LogP contribution in [0.2, 0.25) is 0 Å². The molecule has 182 valence electrons. The van der Waals surface area contributed by atoms with Gasteiger partial charge in [-0.15, -0.1) is 0 Å². The van der Waals surface area contributed by atoms with E-state index < -0.39 is 11.6 Å². The topological polar surface area (TPSA) is 96.0 Å². The molecule has 8 nitrogen and oxygen atoms in total. The van der Waals surface area contributed by atoms with Gasteiger partial charge >= 0.3 is 5.97 Å². The van der Waals surface area contributed by atoms with Crippen LogP contribution in [0.1, 0.15) is 75.2 Å². The van der Waals surface area contributed by atoms with Crippen LogP contribution in [-0.2, 0) is 25.7 Å². The van der Waals surface area contributed by atoms with Gasteiger partial charge in [-0.25, -0.2) is 0 Å². The fourth-order valence-electron chi connectivity index (χ4n) is 5.94. The van der Waals surface area contributed by atoms with Crippen LogP contribution in [0, 0.1) is 11.3 Å². The normalized spacial score (nSPS) is 24.7. The molecule has 0 bridgehead atoms. The van der Waals surface area contributed by atoms with E-state index in [9.17, 15) is 19.2 Å². The number of anilines is 1. The highest BCUT2D eigenvalue weighted by atomic mass is 16.6. The van der Waals surface area contributed by atoms with Crippen molar-refractivity contribution in [3.63, 3.8) is 0 Å². The Bertz CT molecular complexity index is 1040. The van der Waals surface area contributed by atoms with E-state index in [4.69, 9.17) is 4.74 Å². The molecule has 1 aliphatic carbocycles. The van der Waals surface area contributed by atoms with Gasteiger partial charge in [-0.05, 0) is 82.1 Å². The van der Waals surface area contributed by atoms with Crippen molar-refractivity contribution in [2.24, 2.45) is 11.3 Å². The van der Waals surface area contributed by atoms with Crippen molar-refractivity contribution in [2.75, 3.05) is 18.0 Å². The second kappa shape index (κ2) is 8.10. The summed E-state index contributed by atoms with van der Waals surface area (Å²) >= 11 is 0. The predicted molar refractivity (Wildman–Crippen MR) is 125 cm³/mol. The predicted octanol–water partition coefficient (Wildman–Crippen LogP) is 2.79. The fourth-order valence-corrected chi connectivity index (χ4v) is 5.94. The van der Waals surface area contributed by atoms with Gasteiger partial charge in [-0.2, -0.15) is 0 Å². The van der Waals surface area contributed by atoms with Gasteiger partial charge in [0.05, 0.1) is 5.92 Å². The minimum absolute atomic E-state index is 0.0232. The molecule has 1 aromatic carbocycles. The fraction of sp³-hybridized carbons (Fsp3) is 0.615. The molecule has 1 atom stereocenters. The van der Waals surface area contributed by atoms with E-state index in [0.717, 1.165) is 50.0 Å². The lowest BCUT2D eigenvalue weighted by atomic mass is 9.57. The highest BCUT2D eigenvalue weighted by Gasteiger charge is 2.49. The average Bonchev–Trinajstić information content (AvgIpc) is 3.06. The molecule has 0 aromatic heterocycles. The molecule has 1 spiro atoms. The van der Waals surface area contributed by atoms with Crippen LogP contribution < -0.4 is 10.2 Å². The minimum Gasteiger partial charge on any atom is -0.460 e. The van der Waals surface area contributed by atoms with Gasteiger partial charge in [0.2, 0.25) is 11.8 Å². The first-order valence-electron chi connectivity index (χ1n) is 12.3. The number of carbonyl (C=O) groups is 4. The number of esters is 1. The molecule has 3 fully saturated rings. The number of imide groups is 1. The molecule has 2 saturated heterocycles. The SMILES string of the molecule is CC(C)(C)OC(=O)C1CC2(CCN(c3ccc4c(c3)CN(C3CCC(=O)NC3=O)C4=O)CC2)C1. The molecule has 0 radical (unpaired) electrons. The van der Waals surface area contributed by atoms with Gasteiger partial charge in [-0.3, -0.25) is 24.5 Å². The van der Waals surface area contributed by atoms with Gasteiger partial charge < -0.3 is 14.5 Å². The molecular weight excluding hydrogens is 434 g/mol. The lowest BCUT2D eigenvalue weighted by Crippen LogP contribution is -2.52. The third-order valence-corrected chi connectivity index (χ3v) is 7.80. The number of ether oxygens (including phenoxy) is 1. The van der Waals surface area contributed by atoms with Gasteiger partial charge in [0, 0.05) is 37.3 Å². The number of fused-ring (bicyclic) bond motifs is 1. The number of nitrogens with zero attached hydrogens (tertiary/aromatic N) is 2. The van der Waals surface area contributed by atoms with Crippen molar-refractivity contribution in [1.82, 2.24) is 10.2 Å². The molecule has 8 heteroatoms. The van der Waals surface area contributed by atoms with Crippen molar-refractivity contribution in [2.45, 2.75) is 77.5 Å². The zero-order chi connectivity index (χ0) is 24.3. The van der Waals surface area contributed by atoms with E-state index in [1.165, 1.54) is 0 Å². The first-order valence-corrected chi connectivity index (χ1v) is 12.3. The third-order valence-electron chi connectivity index (χ3n) is 7.80. The molecule has 5 rings (SSSR count). The Kier molecular flexibility index (Phi) is 5.45. The summed E-state index contributed by atoms with van der Waals surface area (Å²) in [6.45, 7) is 7.96. The van der Waals surface area contributed by atoms with Gasteiger partial charge in [0.15, 0.2) is 0 Å². The zero-order valence-corrected chi connectivity index (χ0v) is 20.2. The van der Waals surface area contributed by atoms with E-state index in [1.54, 1.807) is 4.90 Å². The van der Waals surface area contributed by atoms with Crippen LogP contribution >= 0.6 is 0 Å². The number of carbonyl (C=O) groups excluding carboxylic acids is 4. The summed E-state index contributed by atoms with van der Waals surface area (Å²) in [7, 11) is 0. The number of rotatable bonds is 3. The average molecular weight is 468 g/mol. The molecule has 3 aliphatic heterocycles. The zero-order valence-electron chi connectivity index (χ0n) is 20.2. The highest BCUT2D eigenvalue weighted by Crippen LogP contribution is 2.53. The van der Waals surface area contributed by atoms with Gasteiger partial charge in [0.1, 0.15) is 11.6 Å². The quantitative estimate of drug-likeness (QED) is 0.543. The Morgan fingerprint density at radius 1 is 1.12 bits per heavy atom. The number of piperidine rings is 2. The van der Waals surface area contributed by atoms with E-state index >= 15 is 0 Å². The molecular formula is C26H33N3O5. The van der Waals surface area contributed by atoms with Gasteiger partial charge in [-0.1, -0.05) is 0 Å². The monoisotopic (exact) mass is 467 g/mol. The van der Waals surface area contributed by atoms with Crippen LogP contribution in [0.15, 0.2) is 18.2 Å². The molecule has 1 unspecified atom stereocenters. The van der Waals surface area contributed by atoms with E-state index in [-0.39, 0.29) is 41.4 Å². The van der Waals surface area contributed by atoms with Crippen LogP contribution in [0.4, 0.5) is 5.69 Å². The summed E-state index contributed by atoms with van der Waals surface area (Å²) in [4.78, 5) is 53.0. The molecule has 3 amide bonds. The highest BCUT2D eigenvalue weighted by molar-refractivity contribution is 6.05. The van der Waals surface area contributed by atoms with Crippen LogP contribution in [0.25, 0.3) is 0 Å². The standard InChI is InChI=1S/C26H33N3O5/c1-25(2,3)34-24(33)17-13-26(14-17)8-10-28(11-9-26)18-4-5-19-16(12-18)15-29(23(19)32)20-6-7-21(30)27-22(20)31/h4-5,12,17,20H,6-11,13-15H2,1-3H3,(H,27,30,31). The third kappa shape index (κ3) is 4.18. The van der Waals surface area contributed by atoms with E-state index in [2.05, 4.69) is 16.3 Å². The first-order chi connectivity index (χ1) is 16.0. The minimum atomic E-state index is -0.590. The van der Waals surface area contributed by atoms with Crippen molar-refractivity contribution in [3.05, 3.63) is 29.3 Å². The smallest absolute Gasteiger partial charge is 0.309 e. The number of amides is 3. The molecule has 1 N–H and O–H groups in total. The lowest BCUT2D eigenvalue weighted by molar-refractivity contribution is -0.169. The largest absolute Gasteiger partial charge is 0.460 e. The van der Waals surface area contributed by atoms with Crippen LogP contribution in [0.5, 0.6) is 0 Å². The maximum atomic E-state index is 12.9. The maximum absolute atomic E-state index is 12.9. The summed E-state index contributed by atoms with van der Waals surface area (Å²) in [5.74, 6) is -0.848. The Balaban J connectivity index is 1.19. The van der Waals surface area contributed by atoms with Crippen molar-refractivity contribution in [3.8, 4) is 0 Å². The number of nitrogens with one attached hydrogen (secondary N) is 1. The van der Waals surface area contributed by atoms with Crippen LogP contribution in [0.3, 0.4) is 0 Å².